The van der Waals surface area contributed by atoms with Gasteiger partial charge in [-0.15, -0.1) is 0 Å². The van der Waals surface area contributed by atoms with E-state index in [2.05, 4.69) is 15.7 Å². The average Bonchev–Trinajstić information content (AvgIpc) is 2.90. The molecule has 2 N–H and O–H groups in total. The minimum Gasteiger partial charge on any atom is -0.492 e. The molecule has 0 fully saturated rings. The summed E-state index contributed by atoms with van der Waals surface area (Å²) in [6.07, 6.45) is 3.10. The second kappa shape index (κ2) is 7.98. The van der Waals surface area contributed by atoms with E-state index in [1.165, 1.54) is 17.8 Å². The summed E-state index contributed by atoms with van der Waals surface area (Å²) >= 11 is 0. The Hall–Kier alpha value is -2.83. The molecule has 1 aromatic heterocycles. The molecule has 0 radical (unpaired) electrons. The number of nitrogens with one attached hydrogen (secondary N) is 2. The van der Waals surface area contributed by atoms with Gasteiger partial charge in [0.25, 0.3) is 0 Å². The van der Waals surface area contributed by atoms with Gasteiger partial charge in [0.05, 0.1) is 18.4 Å². The summed E-state index contributed by atoms with van der Waals surface area (Å²) < 4.78 is 7.01. The molecule has 7 heteroatoms. The molecule has 1 heterocycles. The maximum absolute atomic E-state index is 11.8. The molecular weight excluding hydrogens is 296 g/mol. The Kier molecular flexibility index (Phi) is 5.74. The fourth-order valence-electron chi connectivity index (χ4n) is 1.99. The quantitative estimate of drug-likeness (QED) is 0.755. The molecule has 7 nitrogen and oxygen atoms in total. The van der Waals surface area contributed by atoms with E-state index in [0.29, 0.717) is 18.8 Å². The number of carbonyl (C=O) groups is 2. The van der Waals surface area contributed by atoms with Gasteiger partial charge in [0, 0.05) is 13.1 Å². The summed E-state index contributed by atoms with van der Waals surface area (Å²) in [7, 11) is 0. The van der Waals surface area contributed by atoms with Crippen molar-refractivity contribution in [1.29, 1.82) is 0 Å². The number of aromatic nitrogens is 2. The zero-order valence-electron chi connectivity index (χ0n) is 13.2. The van der Waals surface area contributed by atoms with Gasteiger partial charge in [-0.05, 0) is 24.6 Å². The van der Waals surface area contributed by atoms with Crippen LogP contribution in [-0.2, 0) is 16.1 Å². The molecule has 0 aliphatic carbocycles. The summed E-state index contributed by atoms with van der Waals surface area (Å²) in [6, 6.07) is 7.73. The van der Waals surface area contributed by atoms with E-state index < -0.39 is 0 Å². The van der Waals surface area contributed by atoms with Crippen LogP contribution >= 0.6 is 0 Å². The van der Waals surface area contributed by atoms with Gasteiger partial charge in [-0.3, -0.25) is 14.3 Å². The van der Waals surface area contributed by atoms with Crippen LogP contribution in [0.5, 0.6) is 5.75 Å². The number of nitrogens with zero attached hydrogens (tertiary/aromatic N) is 2. The van der Waals surface area contributed by atoms with Crippen molar-refractivity contribution >= 4 is 17.5 Å². The molecule has 0 spiro atoms. The van der Waals surface area contributed by atoms with Crippen LogP contribution in [-0.4, -0.2) is 34.7 Å². The molecule has 0 saturated carbocycles. The monoisotopic (exact) mass is 316 g/mol. The van der Waals surface area contributed by atoms with Gasteiger partial charge in [0.2, 0.25) is 11.8 Å². The summed E-state index contributed by atoms with van der Waals surface area (Å²) in [5, 5.41) is 9.36. The second-order valence-electron chi connectivity index (χ2n) is 5.12. The average molecular weight is 316 g/mol. The predicted octanol–water partition coefficient (Wildman–Crippen LogP) is 1.35. The molecule has 2 amide bonds. The van der Waals surface area contributed by atoms with Gasteiger partial charge < -0.3 is 15.4 Å². The molecule has 0 unspecified atom stereocenters. The lowest BCUT2D eigenvalue weighted by Gasteiger charge is -2.08. The van der Waals surface area contributed by atoms with Crippen LogP contribution < -0.4 is 15.4 Å². The highest BCUT2D eigenvalue weighted by Gasteiger charge is 2.05. The molecule has 23 heavy (non-hydrogen) atoms. The Morgan fingerprint density at radius 3 is 2.91 bits per heavy atom. The highest BCUT2D eigenvalue weighted by atomic mass is 16.5. The molecule has 0 saturated heterocycles. The number of benzene rings is 1. The van der Waals surface area contributed by atoms with Gasteiger partial charge in [0.15, 0.2) is 0 Å². The first-order valence-electron chi connectivity index (χ1n) is 7.29. The highest BCUT2D eigenvalue weighted by Crippen LogP contribution is 2.11. The van der Waals surface area contributed by atoms with Crippen molar-refractivity contribution < 1.29 is 14.3 Å². The van der Waals surface area contributed by atoms with Crippen LogP contribution in [0.25, 0.3) is 0 Å². The molecule has 0 bridgehead atoms. The molecule has 2 aromatic rings. The van der Waals surface area contributed by atoms with Crippen molar-refractivity contribution in [2.24, 2.45) is 0 Å². The van der Waals surface area contributed by atoms with Crippen LogP contribution in [0.2, 0.25) is 0 Å². The largest absolute Gasteiger partial charge is 0.492 e. The molecule has 0 aliphatic heterocycles. The fraction of sp³-hybridized carbons (Fsp3) is 0.312. The zero-order valence-corrected chi connectivity index (χ0v) is 13.2. The van der Waals surface area contributed by atoms with Crippen LogP contribution in [0.4, 0.5) is 5.69 Å². The van der Waals surface area contributed by atoms with Gasteiger partial charge >= 0.3 is 0 Å². The molecule has 2 rings (SSSR count). The van der Waals surface area contributed by atoms with Crippen molar-refractivity contribution in [3.05, 3.63) is 42.2 Å². The molecular formula is C16H20N4O3. The third-order valence-corrected chi connectivity index (χ3v) is 2.94. The first kappa shape index (κ1) is 16.5. The Bertz CT molecular complexity index is 681. The highest BCUT2D eigenvalue weighted by molar-refractivity contribution is 5.88. The smallest absolute Gasteiger partial charge is 0.241 e. The van der Waals surface area contributed by atoms with Crippen molar-refractivity contribution in [3.8, 4) is 5.75 Å². The summed E-state index contributed by atoms with van der Waals surface area (Å²) in [5.41, 5.74) is 1.69. The predicted molar refractivity (Wildman–Crippen MR) is 86.2 cm³/mol. The standard InChI is InChI=1S/C16H20N4O3/c1-12-4-3-5-15(8-12)23-7-6-17-16(22)11-20-10-14(9-18-20)19-13(2)21/h3-5,8-10H,6-7,11H2,1-2H3,(H,17,22)(H,19,21). The van der Waals surface area contributed by atoms with Crippen molar-refractivity contribution in [1.82, 2.24) is 15.1 Å². The minimum absolute atomic E-state index is 0.0873. The van der Waals surface area contributed by atoms with Crippen molar-refractivity contribution in [2.45, 2.75) is 20.4 Å². The summed E-state index contributed by atoms with van der Waals surface area (Å²) in [6.45, 7) is 4.30. The van der Waals surface area contributed by atoms with Gasteiger partial charge in [-0.25, -0.2) is 0 Å². The fourth-order valence-corrected chi connectivity index (χ4v) is 1.99. The minimum atomic E-state index is -0.178. The van der Waals surface area contributed by atoms with Gasteiger partial charge in [-0.1, -0.05) is 12.1 Å². The number of hydrogen-bond donors (Lipinski definition) is 2. The van der Waals surface area contributed by atoms with Gasteiger partial charge in [-0.2, -0.15) is 5.10 Å². The number of rotatable bonds is 7. The Morgan fingerprint density at radius 1 is 1.35 bits per heavy atom. The summed E-state index contributed by atoms with van der Waals surface area (Å²) in [4.78, 5) is 22.7. The second-order valence-corrected chi connectivity index (χ2v) is 5.12. The van der Waals surface area contributed by atoms with E-state index in [1.807, 2.05) is 31.2 Å². The Labute approximate surface area is 134 Å². The van der Waals surface area contributed by atoms with Crippen LogP contribution in [0.1, 0.15) is 12.5 Å². The van der Waals surface area contributed by atoms with E-state index in [-0.39, 0.29) is 18.4 Å². The van der Waals surface area contributed by atoms with E-state index >= 15 is 0 Å². The third-order valence-electron chi connectivity index (χ3n) is 2.94. The third kappa shape index (κ3) is 5.82. The number of amides is 2. The Balaban J connectivity index is 1.69. The number of ether oxygens (including phenoxy) is 1. The first-order chi connectivity index (χ1) is 11.0. The van der Waals surface area contributed by atoms with E-state index in [4.69, 9.17) is 4.74 Å². The van der Waals surface area contributed by atoms with Crippen molar-refractivity contribution in [3.63, 3.8) is 0 Å². The number of hydrogen-bond acceptors (Lipinski definition) is 4. The van der Waals surface area contributed by atoms with Crippen molar-refractivity contribution in [2.75, 3.05) is 18.5 Å². The molecule has 1 aromatic carbocycles. The lowest BCUT2D eigenvalue weighted by atomic mass is 10.2. The molecule has 122 valence electrons. The van der Waals surface area contributed by atoms with E-state index in [9.17, 15) is 9.59 Å². The first-order valence-corrected chi connectivity index (χ1v) is 7.29. The normalized spacial score (nSPS) is 10.2. The number of aryl methyl sites for hydroxylation is 1. The summed E-state index contributed by atoms with van der Waals surface area (Å²) in [5.74, 6) is 0.434. The Morgan fingerprint density at radius 2 is 2.17 bits per heavy atom. The topological polar surface area (TPSA) is 85.2 Å². The lowest BCUT2D eigenvalue weighted by Crippen LogP contribution is -2.31. The van der Waals surface area contributed by atoms with Crippen LogP contribution in [0, 0.1) is 6.92 Å². The SMILES string of the molecule is CC(=O)Nc1cnn(CC(=O)NCCOc2cccc(C)c2)c1. The number of anilines is 1. The van der Waals surface area contributed by atoms with Crippen LogP contribution in [0.3, 0.4) is 0 Å². The molecule has 0 atom stereocenters. The van der Waals surface area contributed by atoms with Crippen LogP contribution in [0.15, 0.2) is 36.7 Å². The molecule has 0 aliphatic rings. The lowest BCUT2D eigenvalue weighted by molar-refractivity contribution is -0.122. The number of carbonyl (C=O) groups excluding carboxylic acids is 2. The zero-order chi connectivity index (χ0) is 16.7. The van der Waals surface area contributed by atoms with E-state index in [1.54, 1.807) is 6.20 Å². The van der Waals surface area contributed by atoms with E-state index in [0.717, 1.165) is 11.3 Å². The maximum Gasteiger partial charge on any atom is 0.241 e. The maximum atomic E-state index is 11.8. The van der Waals surface area contributed by atoms with Gasteiger partial charge in [0.1, 0.15) is 18.9 Å².